The Morgan fingerprint density at radius 2 is 2.25 bits per heavy atom. The Hall–Kier alpha value is 0.480. The Kier molecular flexibility index (Phi) is 3.90. The molecule has 0 aliphatic carbocycles. The van der Waals surface area contributed by atoms with Crippen LogP contribution in [0.3, 0.4) is 0 Å². The van der Waals surface area contributed by atoms with Crippen LogP contribution in [0.25, 0.3) is 0 Å². The Morgan fingerprint density at radius 1 is 2.00 bits per heavy atom. The van der Waals surface area contributed by atoms with Gasteiger partial charge in [0.2, 0.25) is 0 Å². The molecule has 0 saturated carbocycles. The summed E-state index contributed by atoms with van der Waals surface area (Å²) in [4.78, 5) is 0. The monoisotopic (exact) mass is 69.0 g/mol. The summed E-state index contributed by atoms with van der Waals surface area (Å²) in [5.41, 5.74) is 0. The fourth-order valence-electron chi connectivity index (χ4n) is 0. The summed E-state index contributed by atoms with van der Waals surface area (Å²) < 4.78 is 0. The second kappa shape index (κ2) is 3.48. The molecule has 4 heavy (non-hydrogen) atoms. The summed E-state index contributed by atoms with van der Waals surface area (Å²) in [7, 11) is 4.90. The maximum Gasteiger partial charge on any atom is 0.178 e. The predicted octanol–water partition coefficient (Wildman–Crippen LogP) is 0.0797. The van der Waals surface area contributed by atoms with Crippen LogP contribution >= 0.6 is 12.5 Å². The van der Waals surface area contributed by atoms with E-state index in [1.807, 2.05) is 0 Å². The normalized spacial score (nSPS) is 6.25. The van der Waals surface area contributed by atoms with Crippen molar-refractivity contribution in [2.75, 3.05) is 0 Å². The fraction of sp³-hybridized carbons (Fsp3) is 1.00. The summed E-state index contributed by atoms with van der Waals surface area (Å²) in [5, 5.41) is 0. The number of hydrogen-bond acceptors (Lipinski definition) is 1. The zero-order chi connectivity index (χ0) is 3.41. The van der Waals surface area contributed by atoms with Crippen LogP contribution in [0.15, 0.2) is 0 Å². The molecule has 0 spiro atoms. The zero-order valence-electron chi connectivity index (χ0n) is 2.31. The summed E-state index contributed by atoms with van der Waals surface area (Å²) in [5.74, 6) is 0. The van der Waals surface area contributed by atoms with Gasteiger partial charge in [0.25, 0.3) is 0 Å². The van der Waals surface area contributed by atoms with Crippen LogP contribution in [-0.2, 0) is 0 Å². The lowest BCUT2D eigenvalue weighted by molar-refractivity contribution is 2.13. The first-order valence-electron chi connectivity index (χ1n) is 1.07. The van der Waals surface area contributed by atoms with Gasteiger partial charge in [0.05, 0.1) is 7.85 Å². The second-order valence-electron chi connectivity index (χ2n) is 0.418. The van der Waals surface area contributed by atoms with Crippen molar-refractivity contribution in [3.63, 3.8) is 0 Å². The van der Waals surface area contributed by atoms with E-state index in [1.165, 1.54) is 0 Å². The summed E-state index contributed by atoms with van der Waals surface area (Å²) in [6, 6.07) is 0. The molecule has 0 aromatic heterocycles. The molecule has 0 fully saturated rings. The van der Waals surface area contributed by atoms with E-state index < -0.39 is 0 Å². The van der Waals surface area contributed by atoms with E-state index in [9.17, 15) is 0 Å². The Morgan fingerprint density at radius 3 is 2.25 bits per heavy atom. The molecule has 0 N–H and O–H groups in total. The lowest BCUT2D eigenvalue weighted by Crippen LogP contribution is -1.69. The minimum absolute atomic E-state index is 0.559. The first kappa shape index (κ1) is 4.48. The smallest absolute Gasteiger partial charge is 0.178 e. The van der Waals surface area contributed by atoms with Gasteiger partial charge in [-0.25, -0.2) is 12.5 Å². The van der Waals surface area contributed by atoms with Crippen LogP contribution in [0, 0.1) is 0 Å². The highest BCUT2D eigenvalue weighted by atomic mass is 32.1. The third-order valence-electron chi connectivity index (χ3n) is 0.105. The van der Waals surface area contributed by atoms with Gasteiger partial charge in [-0.05, 0) is 0 Å². The Bertz CT molecular complexity index is 8.00. The van der Waals surface area contributed by atoms with Crippen LogP contribution in [-0.4, -0.2) is 14.4 Å². The Labute approximate surface area is 33.9 Å². The van der Waals surface area contributed by atoms with Crippen LogP contribution in [0.1, 0.15) is 0 Å². The van der Waals surface area contributed by atoms with Gasteiger partial charge < -0.3 is 0 Å². The molecule has 3 radical (unpaired) electrons. The molecule has 19 valence electrons. The summed E-state index contributed by atoms with van der Waals surface area (Å²) in [6.07, 6.45) is 0.559. The van der Waals surface area contributed by atoms with Crippen LogP contribution in [0.2, 0.25) is 6.22 Å². The third kappa shape index (κ3) is 2.48. The van der Waals surface area contributed by atoms with Gasteiger partial charge >= 0.3 is 0 Å². The molecule has 0 heterocycles. The zero-order valence-corrected chi connectivity index (χ0v) is 3.20. The maximum absolute atomic E-state index is 4.90. The van der Waals surface area contributed by atoms with Crippen molar-refractivity contribution in [1.82, 2.24) is 0 Å². The van der Waals surface area contributed by atoms with Gasteiger partial charge in [-0.1, -0.05) is 0 Å². The quantitative estimate of drug-likeness (QED) is 0.327. The molecule has 0 aliphatic heterocycles. The predicted molar refractivity (Wildman–Crippen MR) is 25.3 cm³/mol. The molecule has 0 atom stereocenters. The summed E-state index contributed by atoms with van der Waals surface area (Å²) >= 11 is 3.67. The first-order valence-corrected chi connectivity index (χ1v) is 1.59. The molecule has 0 aliphatic rings. The second-order valence-corrected chi connectivity index (χ2v) is 0.783. The maximum atomic E-state index is 4.90. The van der Waals surface area contributed by atoms with Crippen molar-refractivity contribution in [3.05, 3.63) is 0 Å². The lowest BCUT2D eigenvalue weighted by Gasteiger charge is -1.62. The lowest BCUT2D eigenvalue weighted by atomic mass is 9.86. The van der Waals surface area contributed by atoms with Gasteiger partial charge in [-0.3, -0.25) is 0 Å². The molecule has 3 heteroatoms. The molecule has 0 amide bonds. The number of rotatable bonds is 1. The third-order valence-corrected chi connectivity index (χ3v) is 0.316. The highest BCUT2D eigenvalue weighted by Gasteiger charge is 1.63. The van der Waals surface area contributed by atoms with Crippen molar-refractivity contribution in [2.24, 2.45) is 0 Å². The van der Waals surface area contributed by atoms with E-state index in [1.54, 1.807) is 6.56 Å². The molecule has 0 bridgehead atoms. The minimum Gasteiger partial charge on any atom is -0.236 e. The molecule has 0 unspecified atom stereocenters. The average Bonchev–Trinajstić information content (AvgIpc) is 1.37. The highest BCUT2D eigenvalue weighted by molar-refractivity contribution is 8.07. The van der Waals surface area contributed by atoms with Crippen LogP contribution in [0.4, 0.5) is 0 Å². The molecule has 0 aromatic carbocycles. The SMILES string of the molecule is [B]C[B]S. The van der Waals surface area contributed by atoms with E-state index in [-0.39, 0.29) is 0 Å². The molecule has 0 saturated heterocycles. The molecular weight excluding hydrogens is 65.7 g/mol. The molecule has 0 rings (SSSR count). The van der Waals surface area contributed by atoms with Gasteiger partial charge in [0.15, 0.2) is 6.56 Å². The first-order chi connectivity index (χ1) is 1.91. The van der Waals surface area contributed by atoms with E-state index >= 15 is 0 Å². The topological polar surface area (TPSA) is 0 Å². The van der Waals surface area contributed by atoms with Crippen molar-refractivity contribution >= 4 is 26.9 Å². The fourth-order valence-corrected chi connectivity index (χ4v) is 0. The van der Waals surface area contributed by atoms with Crippen LogP contribution < -0.4 is 0 Å². The largest absolute Gasteiger partial charge is 0.236 e. The molecule has 0 aromatic rings. The standard InChI is InChI=1S/CH3B2S/c2-1-3-4/h4H,1H2. The molecular formula is CH3B2S. The van der Waals surface area contributed by atoms with E-state index in [0.29, 0.717) is 6.22 Å². The number of hydrogen-bond donors (Lipinski definition) is 1. The van der Waals surface area contributed by atoms with Gasteiger partial charge in [0.1, 0.15) is 0 Å². The van der Waals surface area contributed by atoms with Crippen molar-refractivity contribution in [3.8, 4) is 0 Å². The Balaban J connectivity index is 1.97. The van der Waals surface area contributed by atoms with Gasteiger partial charge in [-0.2, -0.15) is 0 Å². The summed E-state index contributed by atoms with van der Waals surface area (Å²) in [6.45, 7) is 1.60. The van der Waals surface area contributed by atoms with E-state index in [2.05, 4.69) is 12.5 Å². The number of thiol groups is 1. The van der Waals surface area contributed by atoms with Crippen molar-refractivity contribution < 1.29 is 0 Å². The van der Waals surface area contributed by atoms with Crippen molar-refractivity contribution in [2.45, 2.75) is 6.22 Å². The van der Waals surface area contributed by atoms with Crippen molar-refractivity contribution in [1.29, 1.82) is 0 Å². The minimum atomic E-state index is 0.559. The van der Waals surface area contributed by atoms with Crippen LogP contribution in [0.5, 0.6) is 0 Å². The highest BCUT2D eigenvalue weighted by Crippen LogP contribution is 1.66. The van der Waals surface area contributed by atoms with E-state index in [0.717, 1.165) is 0 Å². The molecule has 0 nitrogen and oxygen atoms in total. The average molecular weight is 68.7 g/mol. The van der Waals surface area contributed by atoms with Gasteiger partial charge in [0, 0.05) is 0 Å². The van der Waals surface area contributed by atoms with Gasteiger partial charge in [-0.15, -0.1) is 6.22 Å². The van der Waals surface area contributed by atoms with E-state index in [4.69, 9.17) is 7.85 Å².